The van der Waals surface area contributed by atoms with E-state index in [9.17, 15) is 4.79 Å². The maximum atomic E-state index is 12.3. The highest BCUT2D eigenvalue weighted by atomic mass is 32.2. The molecule has 0 unspecified atom stereocenters. The molecule has 1 fully saturated rings. The summed E-state index contributed by atoms with van der Waals surface area (Å²) in [7, 11) is 0. The number of anilines is 2. The van der Waals surface area contributed by atoms with Crippen LogP contribution in [-0.2, 0) is 11.3 Å². The van der Waals surface area contributed by atoms with Crippen molar-refractivity contribution in [1.29, 1.82) is 5.26 Å². The molecule has 1 N–H and O–H groups in total. The van der Waals surface area contributed by atoms with Gasteiger partial charge < -0.3 is 14.6 Å². The molecule has 1 saturated heterocycles. The summed E-state index contributed by atoms with van der Waals surface area (Å²) in [5.41, 5.74) is 0.985. The number of nitrogens with one attached hydrogen (secondary N) is 1. The first-order valence-electron chi connectivity index (χ1n) is 9.87. The van der Waals surface area contributed by atoms with Crippen molar-refractivity contribution >= 4 is 29.3 Å². The highest BCUT2D eigenvalue weighted by Gasteiger charge is 2.22. The van der Waals surface area contributed by atoms with Crippen LogP contribution < -0.4 is 10.2 Å². The lowest BCUT2D eigenvalue weighted by molar-refractivity contribution is -0.115. The van der Waals surface area contributed by atoms with Crippen molar-refractivity contribution in [1.82, 2.24) is 14.8 Å². The van der Waals surface area contributed by atoms with Gasteiger partial charge in [0, 0.05) is 25.3 Å². The van der Waals surface area contributed by atoms with Crippen molar-refractivity contribution in [3.8, 4) is 6.07 Å². The van der Waals surface area contributed by atoms with Crippen LogP contribution in [0.25, 0.3) is 0 Å². The first-order chi connectivity index (χ1) is 14.7. The summed E-state index contributed by atoms with van der Waals surface area (Å²) >= 11 is 1.49. The number of benzene rings is 1. The molecule has 0 saturated carbocycles. The number of para-hydroxylation sites is 1. The Kier molecular flexibility index (Phi) is 6.35. The monoisotopic (exact) mass is 422 g/mol. The topological polar surface area (TPSA) is 100.0 Å². The second-order valence-electron chi connectivity index (χ2n) is 6.95. The summed E-state index contributed by atoms with van der Waals surface area (Å²) < 4.78 is 7.57. The van der Waals surface area contributed by atoms with Gasteiger partial charge in [0.05, 0.1) is 24.1 Å². The van der Waals surface area contributed by atoms with Crippen molar-refractivity contribution < 1.29 is 9.21 Å². The third kappa shape index (κ3) is 4.66. The van der Waals surface area contributed by atoms with Gasteiger partial charge in [0.25, 0.3) is 0 Å². The van der Waals surface area contributed by atoms with E-state index >= 15 is 0 Å². The van der Waals surface area contributed by atoms with Crippen LogP contribution in [0.3, 0.4) is 0 Å². The van der Waals surface area contributed by atoms with Crippen LogP contribution in [0.4, 0.5) is 11.6 Å². The van der Waals surface area contributed by atoms with Crippen LogP contribution in [0.5, 0.6) is 0 Å². The number of carbonyl (C=O) groups is 1. The number of hydrogen-bond acceptors (Lipinski definition) is 7. The molecule has 1 aliphatic heterocycles. The zero-order chi connectivity index (χ0) is 20.8. The third-order valence-electron chi connectivity index (χ3n) is 4.86. The lowest BCUT2D eigenvalue weighted by Crippen LogP contribution is -2.22. The van der Waals surface area contributed by atoms with E-state index in [0.717, 1.165) is 42.8 Å². The van der Waals surface area contributed by atoms with Crippen molar-refractivity contribution in [2.45, 2.75) is 31.0 Å². The molecule has 3 heterocycles. The molecule has 1 aliphatic rings. The smallest absolute Gasteiger partial charge is 0.228 e. The van der Waals surface area contributed by atoms with E-state index in [4.69, 9.17) is 9.68 Å². The molecule has 1 aromatic carbocycles. The predicted octanol–water partition coefficient (Wildman–Crippen LogP) is 3.51. The Balaban J connectivity index is 1.40. The molecule has 3 aromatic rings. The van der Waals surface area contributed by atoms with E-state index in [1.54, 1.807) is 30.5 Å². The normalized spacial score (nSPS) is 13.4. The number of amides is 1. The van der Waals surface area contributed by atoms with E-state index in [1.807, 2.05) is 12.1 Å². The van der Waals surface area contributed by atoms with E-state index in [2.05, 4.69) is 31.1 Å². The molecule has 0 spiro atoms. The minimum absolute atomic E-state index is 0.137. The van der Waals surface area contributed by atoms with Crippen LogP contribution >= 0.6 is 11.8 Å². The summed E-state index contributed by atoms with van der Waals surface area (Å²) in [5.74, 6) is 2.10. The van der Waals surface area contributed by atoms with E-state index in [1.165, 1.54) is 11.8 Å². The first kappa shape index (κ1) is 20.0. The molecule has 0 atom stereocenters. The predicted molar refractivity (Wildman–Crippen MR) is 114 cm³/mol. The highest BCUT2D eigenvalue weighted by Crippen LogP contribution is 2.26. The molecule has 8 nitrogen and oxygen atoms in total. The number of nitriles is 1. The number of nitrogens with zero attached hydrogens (tertiary/aromatic N) is 5. The van der Waals surface area contributed by atoms with E-state index < -0.39 is 0 Å². The lowest BCUT2D eigenvalue weighted by atomic mass is 10.2. The van der Waals surface area contributed by atoms with Crippen LogP contribution in [0, 0.1) is 11.3 Å². The molecule has 0 radical (unpaired) electrons. The molecule has 2 aromatic heterocycles. The number of furan rings is 1. The fourth-order valence-electron chi connectivity index (χ4n) is 3.37. The van der Waals surface area contributed by atoms with Gasteiger partial charge in [-0.15, -0.1) is 10.2 Å². The zero-order valence-electron chi connectivity index (χ0n) is 16.5. The number of rotatable bonds is 8. The quantitative estimate of drug-likeness (QED) is 0.555. The van der Waals surface area contributed by atoms with Gasteiger partial charge in [-0.05, 0) is 37.1 Å². The summed E-state index contributed by atoms with van der Waals surface area (Å²) in [6.45, 7) is 2.50. The Bertz CT molecular complexity index is 1030. The van der Waals surface area contributed by atoms with Gasteiger partial charge in [0.2, 0.25) is 11.9 Å². The lowest BCUT2D eigenvalue weighted by Gasteiger charge is -2.17. The van der Waals surface area contributed by atoms with Gasteiger partial charge in [-0.2, -0.15) is 5.26 Å². The number of carbonyl (C=O) groups excluding carboxylic acids is 1. The minimum atomic E-state index is -0.137. The Morgan fingerprint density at radius 1 is 1.20 bits per heavy atom. The molecule has 9 heteroatoms. The van der Waals surface area contributed by atoms with E-state index in [-0.39, 0.29) is 5.91 Å². The molecule has 0 bridgehead atoms. The number of hydrogen-bond donors (Lipinski definition) is 1. The summed E-state index contributed by atoms with van der Waals surface area (Å²) in [6.07, 6.45) is 4.27. The zero-order valence-corrected chi connectivity index (χ0v) is 17.3. The molecule has 154 valence electrons. The van der Waals surface area contributed by atoms with Crippen molar-refractivity contribution in [3.63, 3.8) is 0 Å². The number of thioether (sulfide) groups is 1. The SMILES string of the molecule is N#Cc1ccccc1NC(=O)CCSc1nnc(N2CCCC2)n1Cc1ccco1. The molecule has 1 amide bonds. The van der Waals surface area contributed by atoms with Crippen LogP contribution in [0.1, 0.15) is 30.6 Å². The van der Waals surface area contributed by atoms with Crippen molar-refractivity contribution in [2.75, 3.05) is 29.1 Å². The summed E-state index contributed by atoms with van der Waals surface area (Å²) in [6, 6.07) is 12.9. The van der Waals surface area contributed by atoms with Gasteiger partial charge >= 0.3 is 0 Å². The molecule has 30 heavy (non-hydrogen) atoms. The first-order valence-corrected chi connectivity index (χ1v) is 10.9. The minimum Gasteiger partial charge on any atom is -0.467 e. The largest absolute Gasteiger partial charge is 0.467 e. The third-order valence-corrected chi connectivity index (χ3v) is 5.83. The highest BCUT2D eigenvalue weighted by molar-refractivity contribution is 7.99. The second kappa shape index (κ2) is 9.50. The fraction of sp³-hybridized carbons (Fsp3) is 0.333. The van der Waals surface area contributed by atoms with Crippen LogP contribution in [0.15, 0.2) is 52.2 Å². The van der Waals surface area contributed by atoms with Gasteiger partial charge in [-0.25, -0.2) is 0 Å². The van der Waals surface area contributed by atoms with Gasteiger partial charge in [0.15, 0.2) is 5.16 Å². The van der Waals surface area contributed by atoms with Crippen molar-refractivity contribution in [2.24, 2.45) is 0 Å². The van der Waals surface area contributed by atoms with Gasteiger partial charge in [-0.3, -0.25) is 9.36 Å². The Morgan fingerprint density at radius 3 is 2.80 bits per heavy atom. The fourth-order valence-corrected chi connectivity index (χ4v) is 4.24. The molecular weight excluding hydrogens is 400 g/mol. The molecule has 0 aliphatic carbocycles. The van der Waals surface area contributed by atoms with Gasteiger partial charge in [0.1, 0.15) is 11.8 Å². The van der Waals surface area contributed by atoms with Crippen LogP contribution in [0.2, 0.25) is 0 Å². The average molecular weight is 423 g/mol. The van der Waals surface area contributed by atoms with Gasteiger partial charge in [-0.1, -0.05) is 23.9 Å². The molecule has 4 rings (SSSR count). The molecular formula is C21H22N6O2S. The summed E-state index contributed by atoms with van der Waals surface area (Å²) in [4.78, 5) is 14.6. The Labute approximate surface area is 178 Å². The van der Waals surface area contributed by atoms with E-state index in [0.29, 0.717) is 30.0 Å². The average Bonchev–Trinajstić information content (AvgIpc) is 3.51. The van der Waals surface area contributed by atoms with Crippen molar-refractivity contribution in [3.05, 3.63) is 54.0 Å². The second-order valence-corrected chi connectivity index (χ2v) is 8.01. The summed E-state index contributed by atoms with van der Waals surface area (Å²) in [5, 5.41) is 21.5. The maximum absolute atomic E-state index is 12.3. The van der Waals surface area contributed by atoms with Crippen LogP contribution in [-0.4, -0.2) is 39.5 Å². The Morgan fingerprint density at radius 2 is 2.03 bits per heavy atom. The number of aromatic nitrogens is 3. The Hall–Kier alpha value is -3.25. The standard InChI is InChI=1S/C21H22N6O2S/c22-14-16-6-1-2-8-18(16)23-19(28)9-13-30-21-25-24-20(26-10-3-4-11-26)27(21)15-17-7-5-12-29-17/h1-2,5-8,12H,3-4,9-11,13,15H2,(H,23,28). The maximum Gasteiger partial charge on any atom is 0.228 e.